The average molecular weight is 305 g/mol. The summed E-state index contributed by atoms with van der Waals surface area (Å²) >= 11 is 5.79. The molecule has 4 nitrogen and oxygen atoms in total. The summed E-state index contributed by atoms with van der Waals surface area (Å²) in [5.74, 6) is 0.0410. The van der Waals surface area contributed by atoms with Crippen molar-refractivity contribution in [2.24, 2.45) is 5.92 Å². The highest BCUT2D eigenvalue weighted by Crippen LogP contribution is 2.22. The van der Waals surface area contributed by atoms with Crippen LogP contribution in [0.15, 0.2) is 18.3 Å². The Morgan fingerprint density at radius 3 is 3.11 bits per heavy atom. The largest absolute Gasteiger partial charge is 0.331 e. The zero-order chi connectivity index (χ0) is 12.5. The topological polar surface area (TPSA) is 42.7 Å². The van der Waals surface area contributed by atoms with Crippen molar-refractivity contribution < 1.29 is 4.39 Å². The summed E-state index contributed by atoms with van der Waals surface area (Å²) < 4.78 is 15.7. The van der Waals surface area contributed by atoms with Gasteiger partial charge in [0, 0.05) is 30.6 Å². The summed E-state index contributed by atoms with van der Waals surface area (Å²) in [6.07, 6.45) is 1.98. The van der Waals surface area contributed by atoms with E-state index in [4.69, 9.17) is 11.6 Å². The fourth-order valence-electron chi connectivity index (χ4n) is 2.44. The van der Waals surface area contributed by atoms with Crippen LogP contribution in [0.2, 0.25) is 5.15 Å². The molecule has 7 heteroatoms. The Kier molecular flexibility index (Phi) is 4.60. The molecule has 104 valence electrons. The fourth-order valence-corrected chi connectivity index (χ4v) is 2.60. The Bertz CT molecular complexity index is 560. The number of alkyl halides is 1. The lowest BCUT2D eigenvalue weighted by atomic mass is 9.96. The first-order valence-electron chi connectivity index (χ1n) is 6.07. The van der Waals surface area contributed by atoms with Crippen LogP contribution in [0.1, 0.15) is 6.42 Å². The van der Waals surface area contributed by atoms with E-state index in [1.807, 2.05) is 16.8 Å². The Labute approximate surface area is 121 Å². The van der Waals surface area contributed by atoms with Gasteiger partial charge in [-0.3, -0.25) is 0 Å². The Morgan fingerprint density at radius 1 is 1.47 bits per heavy atom. The van der Waals surface area contributed by atoms with E-state index in [-0.39, 0.29) is 18.3 Å². The van der Waals surface area contributed by atoms with Crippen LogP contribution < -0.4 is 5.32 Å². The molecule has 1 aliphatic rings. The molecule has 0 saturated carbocycles. The molecule has 2 aromatic heterocycles. The van der Waals surface area contributed by atoms with E-state index in [1.165, 1.54) is 0 Å². The number of rotatable bonds is 2. The van der Waals surface area contributed by atoms with Crippen LogP contribution in [-0.2, 0) is 6.54 Å². The highest BCUT2D eigenvalue weighted by Gasteiger charge is 2.25. The zero-order valence-electron chi connectivity index (χ0n) is 10.2. The molecule has 0 amide bonds. The normalized spacial score (nSPS) is 23.3. The zero-order valence-corrected chi connectivity index (χ0v) is 11.8. The smallest absolute Gasteiger partial charge is 0.162 e. The lowest BCUT2D eigenvalue weighted by molar-refractivity contribution is 0.164. The number of hydrogen-bond donors (Lipinski definition) is 1. The van der Waals surface area contributed by atoms with Gasteiger partial charge in [0.2, 0.25) is 0 Å². The molecule has 1 N–H and O–H groups in total. The molecule has 0 aromatic carbocycles. The number of piperidine rings is 1. The predicted octanol–water partition coefficient (Wildman–Crippen LogP) is 2.45. The van der Waals surface area contributed by atoms with Crippen LogP contribution >= 0.6 is 24.0 Å². The van der Waals surface area contributed by atoms with Gasteiger partial charge in [0.15, 0.2) is 10.8 Å². The maximum Gasteiger partial charge on any atom is 0.162 e. The maximum atomic E-state index is 13.8. The Hall–Kier alpha value is -0.910. The van der Waals surface area contributed by atoms with E-state index in [1.54, 1.807) is 6.07 Å². The summed E-state index contributed by atoms with van der Waals surface area (Å²) in [5, 5.41) is 12.3. The van der Waals surface area contributed by atoms with E-state index >= 15 is 0 Å². The quantitative estimate of drug-likeness (QED) is 0.927. The number of nitrogens with one attached hydrogen (secondary N) is 1. The number of aromatic nitrogens is 3. The minimum absolute atomic E-state index is 0. The molecular formula is C12H15Cl2FN4. The minimum Gasteiger partial charge on any atom is -0.331 e. The van der Waals surface area contributed by atoms with E-state index in [9.17, 15) is 4.39 Å². The molecule has 1 saturated heterocycles. The van der Waals surface area contributed by atoms with Gasteiger partial charge in [0.05, 0.1) is 0 Å². The molecule has 3 heterocycles. The third-order valence-corrected chi connectivity index (χ3v) is 3.64. The standard InChI is InChI=1S/C12H14ClFN4.ClH/c13-11-5-8-2-4-18(12(8)17-16-11)7-9-1-3-15-6-10(9)14;/h2,4-5,9-10,15H,1,3,6-7H2;1H/t9-,10+;/m0./s1. The van der Waals surface area contributed by atoms with Gasteiger partial charge in [0.25, 0.3) is 0 Å². The molecule has 0 spiro atoms. The van der Waals surface area contributed by atoms with Crippen molar-refractivity contribution in [2.45, 2.75) is 19.1 Å². The van der Waals surface area contributed by atoms with E-state index in [0.717, 1.165) is 24.0 Å². The summed E-state index contributed by atoms with van der Waals surface area (Å²) in [5.41, 5.74) is 0.769. The first-order chi connectivity index (χ1) is 8.74. The fraction of sp³-hybridized carbons (Fsp3) is 0.500. The van der Waals surface area contributed by atoms with Crippen LogP contribution in [0, 0.1) is 5.92 Å². The van der Waals surface area contributed by atoms with Crippen molar-refractivity contribution >= 4 is 35.0 Å². The van der Waals surface area contributed by atoms with Gasteiger partial charge in [0.1, 0.15) is 6.17 Å². The van der Waals surface area contributed by atoms with Crippen LogP contribution in [0.25, 0.3) is 11.0 Å². The summed E-state index contributed by atoms with van der Waals surface area (Å²) in [6, 6.07) is 3.71. The average Bonchev–Trinajstić information content (AvgIpc) is 2.74. The van der Waals surface area contributed by atoms with Crippen LogP contribution in [0.5, 0.6) is 0 Å². The van der Waals surface area contributed by atoms with Gasteiger partial charge in [-0.1, -0.05) is 11.6 Å². The molecule has 3 rings (SSSR count). The van der Waals surface area contributed by atoms with E-state index in [0.29, 0.717) is 18.2 Å². The lowest BCUT2D eigenvalue weighted by Gasteiger charge is -2.27. The molecule has 2 atom stereocenters. The van der Waals surface area contributed by atoms with Crippen molar-refractivity contribution in [1.29, 1.82) is 0 Å². The molecule has 0 bridgehead atoms. The molecule has 0 radical (unpaired) electrons. The van der Waals surface area contributed by atoms with Gasteiger partial charge in [-0.25, -0.2) is 4.39 Å². The van der Waals surface area contributed by atoms with Crippen molar-refractivity contribution in [3.63, 3.8) is 0 Å². The number of halogens is 3. The molecule has 0 unspecified atom stereocenters. The summed E-state index contributed by atoms with van der Waals surface area (Å²) in [6.45, 7) is 1.96. The summed E-state index contributed by atoms with van der Waals surface area (Å²) in [7, 11) is 0. The van der Waals surface area contributed by atoms with Gasteiger partial charge in [-0.15, -0.1) is 22.6 Å². The number of fused-ring (bicyclic) bond motifs is 1. The molecule has 2 aromatic rings. The first kappa shape index (κ1) is 14.5. The van der Waals surface area contributed by atoms with Crippen molar-refractivity contribution in [1.82, 2.24) is 20.1 Å². The Balaban J connectivity index is 0.00000133. The van der Waals surface area contributed by atoms with Gasteiger partial charge in [-0.05, 0) is 25.1 Å². The van der Waals surface area contributed by atoms with Gasteiger partial charge >= 0.3 is 0 Å². The monoisotopic (exact) mass is 304 g/mol. The second-order valence-corrected chi connectivity index (χ2v) is 5.07. The number of nitrogens with zero attached hydrogens (tertiary/aromatic N) is 3. The lowest BCUT2D eigenvalue weighted by Crippen LogP contribution is -2.39. The van der Waals surface area contributed by atoms with Crippen molar-refractivity contribution in [3.8, 4) is 0 Å². The second-order valence-electron chi connectivity index (χ2n) is 4.68. The minimum atomic E-state index is -0.795. The Morgan fingerprint density at radius 2 is 2.32 bits per heavy atom. The van der Waals surface area contributed by atoms with Crippen LogP contribution in [-0.4, -0.2) is 34.0 Å². The molecule has 1 aliphatic heterocycles. The number of hydrogen-bond acceptors (Lipinski definition) is 3. The van der Waals surface area contributed by atoms with Gasteiger partial charge < -0.3 is 9.88 Å². The molecular weight excluding hydrogens is 290 g/mol. The van der Waals surface area contributed by atoms with Crippen LogP contribution in [0.4, 0.5) is 4.39 Å². The highest BCUT2D eigenvalue weighted by atomic mass is 35.5. The highest BCUT2D eigenvalue weighted by molar-refractivity contribution is 6.29. The summed E-state index contributed by atoms with van der Waals surface area (Å²) in [4.78, 5) is 0. The maximum absolute atomic E-state index is 13.8. The molecule has 0 aliphatic carbocycles. The molecule has 19 heavy (non-hydrogen) atoms. The molecule has 1 fully saturated rings. The SMILES string of the molecule is Cl.F[C@@H]1CNCC[C@H]1Cn1ccc2cc(Cl)nnc21. The predicted molar refractivity (Wildman–Crippen MR) is 75.7 cm³/mol. The van der Waals surface area contributed by atoms with Crippen molar-refractivity contribution in [3.05, 3.63) is 23.5 Å². The van der Waals surface area contributed by atoms with Gasteiger partial charge in [-0.2, -0.15) is 0 Å². The first-order valence-corrected chi connectivity index (χ1v) is 6.44. The second kappa shape index (κ2) is 6.03. The van der Waals surface area contributed by atoms with Crippen molar-refractivity contribution in [2.75, 3.05) is 13.1 Å². The third kappa shape index (κ3) is 2.99. The van der Waals surface area contributed by atoms with E-state index < -0.39 is 6.17 Å². The van der Waals surface area contributed by atoms with Crippen LogP contribution in [0.3, 0.4) is 0 Å². The third-order valence-electron chi connectivity index (χ3n) is 3.45. The van der Waals surface area contributed by atoms with E-state index in [2.05, 4.69) is 15.5 Å².